The summed E-state index contributed by atoms with van der Waals surface area (Å²) in [6.45, 7) is 0. The van der Waals surface area contributed by atoms with E-state index in [4.69, 9.17) is 9.59 Å². The van der Waals surface area contributed by atoms with E-state index in [1.165, 1.54) is 0 Å². The van der Waals surface area contributed by atoms with Gasteiger partial charge >= 0.3 is 0 Å². The molecule has 7 heavy (non-hydrogen) atoms. The van der Waals surface area contributed by atoms with Crippen molar-refractivity contribution in [3.8, 4) is 0 Å². The molecule has 0 rings (SSSR count). The van der Waals surface area contributed by atoms with E-state index in [0.29, 0.717) is 6.41 Å². The van der Waals surface area contributed by atoms with Crippen LogP contribution in [0.3, 0.4) is 0 Å². The fourth-order valence-electron chi connectivity index (χ4n) is 0. The van der Waals surface area contributed by atoms with Gasteiger partial charge in [0.25, 0.3) is 0 Å². The predicted octanol–water partition coefficient (Wildman–Crippen LogP) is -1.54. The molecular formula is C3H8N2O2. The zero-order valence-electron chi connectivity index (χ0n) is 4.05. The largest absolute Gasteiger partial charge is 0.372 e. The van der Waals surface area contributed by atoms with Crippen LogP contribution in [0.1, 0.15) is 0 Å². The summed E-state index contributed by atoms with van der Waals surface area (Å²) in [5.41, 5.74) is 4.17. The minimum absolute atomic E-state index is 0.250. The molecule has 4 heteroatoms. The molecule has 0 radical (unpaired) electrons. The topological polar surface area (TPSA) is 72.2 Å². The average molecular weight is 104 g/mol. The first-order valence-electron chi connectivity index (χ1n) is 1.59. The molecule has 0 spiro atoms. The highest BCUT2D eigenvalue weighted by Crippen LogP contribution is 1.09. The molecule has 0 aromatic carbocycles. The minimum atomic E-state index is 0.250. The van der Waals surface area contributed by atoms with Crippen molar-refractivity contribution < 1.29 is 9.59 Å². The Kier molecular flexibility index (Phi) is 27.2. The summed E-state index contributed by atoms with van der Waals surface area (Å²) in [6, 6.07) is 0. The van der Waals surface area contributed by atoms with Crippen molar-refractivity contribution in [1.29, 1.82) is 0 Å². The number of carbonyl (C=O) groups is 2. The van der Waals surface area contributed by atoms with Crippen molar-refractivity contribution in [2.45, 2.75) is 0 Å². The number of hydrogen-bond acceptors (Lipinski definition) is 2. The van der Waals surface area contributed by atoms with Crippen LogP contribution < -0.4 is 11.1 Å². The Hall–Kier alpha value is -1.06. The Morgan fingerprint density at radius 2 is 1.71 bits per heavy atom. The van der Waals surface area contributed by atoms with Crippen LogP contribution in [-0.4, -0.2) is 19.9 Å². The summed E-state index contributed by atoms with van der Waals surface area (Å²) in [5.74, 6) is 0. The molecule has 0 aliphatic heterocycles. The minimum Gasteiger partial charge on any atom is -0.372 e. The molecule has 0 saturated carbocycles. The van der Waals surface area contributed by atoms with E-state index >= 15 is 0 Å². The average Bonchev–Trinajstić information content (AvgIpc) is 1.69. The van der Waals surface area contributed by atoms with Crippen LogP contribution in [-0.2, 0) is 9.59 Å². The highest BCUT2D eigenvalue weighted by molar-refractivity contribution is 5.44. The highest BCUT2D eigenvalue weighted by Gasteiger charge is 1.43. The fraction of sp³-hybridized carbons (Fsp3) is 0.333. The van der Waals surface area contributed by atoms with E-state index in [0.717, 1.165) is 0 Å². The lowest BCUT2D eigenvalue weighted by atomic mass is 11.2. The summed E-state index contributed by atoms with van der Waals surface area (Å²) in [7, 11) is 1.56. The van der Waals surface area contributed by atoms with Gasteiger partial charge in [-0.3, -0.25) is 9.59 Å². The molecule has 0 aliphatic rings. The first-order valence-corrected chi connectivity index (χ1v) is 1.59. The number of carbonyl (C=O) groups excluding carboxylic acids is 2. The fourth-order valence-corrected chi connectivity index (χ4v) is 0. The summed E-state index contributed by atoms with van der Waals surface area (Å²) in [4.78, 5) is 17.6. The van der Waals surface area contributed by atoms with Gasteiger partial charge < -0.3 is 11.1 Å². The second-order valence-electron chi connectivity index (χ2n) is 0.543. The molecule has 0 saturated heterocycles. The molecule has 0 fully saturated rings. The number of nitrogens with one attached hydrogen (secondary N) is 1. The molecule has 4 nitrogen and oxygen atoms in total. The van der Waals surface area contributed by atoms with Crippen molar-refractivity contribution in [1.82, 2.24) is 5.32 Å². The maximum Gasteiger partial charge on any atom is 0.206 e. The van der Waals surface area contributed by atoms with Crippen molar-refractivity contribution in [3.63, 3.8) is 0 Å². The molecule has 0 bridgehead atoms. The molecule has 0 aromatic heterocycles. The number of hydrogen-bond donors (Lipinski definition) is 2. The van der Waals surface area contributed by atoms with Crippen molar-refractivity contribution in [2.75, 3.05) is 7.05 Å². The third-order valence-corrected chi connectivity index (χ3v) is 0.118. The maximum absolute atomic E-state index is 9.06. The molecule has 0 aliphatic carbocycles. The summed E-state index contributed by atoms with van der Waals surface area (Å²) >= 11 is 0. The number of primary amides is 1. The Balaban J connectivity index is 0. The molecule has 0 aromatic rings. The molecule has 0 atom stereocenters. The Labute approximate surface area is 41.7 Å². The van der Waals surface area contributed by atoms with Crippen molar-refractivity contribution >= 4 is 12.8 Å². The van der Waals surface area contributed by atoms with Crippen LogP contribution in [0.5, 0.6) is 0 Å². The monoisotopic (exact) mass is 104 g/mol. The number of amides is 2. The highest BCUT2D eigenvalue weighted by atomic mass is 16.1. The van der Waals surface area contributed by atoms with Gasteiger partial charge in [0, 0.05) is 7.05 Å². The second kappa shape index (κ2) is 20.4. The third-order valence-electron chi connectivity index (χ3n) is 0.118. The van der Waals surface area contributed by atoms with E-state index in [-0.39, 0.29) is 6.41 Å². The Bertz CT molecular complexity index is 46.2. The first kappa shape index (κ1) is 9.34. The van der Waals surface area contributed by atoms with Gasteiger partial charge in [-0.2, -0.15) is 0 Å². The number of rotatable bonds is 1. The van der Waals surface area contributed by atoms with Crippen LogP contribution >= 0.6 is 0 Å². The van der Waals surface area contributed by atoms with Gasteiger partial charge in [0.2, 0.25) is 12.8 Å². The van der Waals surface area contributed by atoms with Crippen LogP contribution in [0.15, 0.2) is 0 Å². The molecular weight excluding hydrogens is 96.0 g/mol. The summed E-state index contributed by atoms with van der Waals surface area (Å²) in [6.07, 6.45) is 0.875. The third kappa shape index (κ3) is 11900. The normalized spacial score (nSPS) is 4.71. The van der Waals surface area contributed by atoms with Crippen LogP contribution in [0, 0.1) is 0 Å². The van der Waals surface area contributed by atoms with E-state index < -0.39 is 0 Å². The van der Waals surface area contributed by atoms with E-state index in [9.17, 15) is 0 Å². The smallest absolute Gasteiger partial charge is 0.206 e. The zero-order valence-corrected chi connectivity index (χ0v) is 4.05. The Morgan fingerprint density at radius 1 is 1.57 bits per heavy atom. The summed E-state index contributed by atoms with van der Waals surface area (Å²) in [5, 5.41) is 2.25. The number of nitrogens with two attached hydrogens (primary N) is 1. The maximum atomic E-state index is 9.06. The van der Waals surface area contributed by atoms with Crippen LogP contribution in [0.4, 0.5) is 0 Å². The lowest BCUT2D eigenvalue weighted by Crippen LogP contribution is -1.98. The SMILES string of the molecule is CNC=O.NC=O. The van der Waals surface area contributed by atoms with Gasteiger partial charge in [-0.05, 0) is 0 Å². The quantitative estimate of drug-likeness (QED) is 0.396. The second-order valence-corrected chi connectivity index (χ2v) is 0.543. The summed E-state index contributed by atoms with van der Waals surface area (Å²) < 4.78 is 0. The van der Waals surface area contributed by atoms with Crippen molar-refractivity contribution in [2.24, 2.45) is 5.73 Å². The van der Waals surface area contributed by atoms with E-state index in [2.05, 4.69) is 11.1 Å². The lowest BCUT2D eigenvalue weighted by molar-refractivity contribution is -0.109. The van der Waals surface area contributed by atoms with Gasteiger partial charge in [0.1, 0.15) is 0 Å². The standard InChI is InChI=1S/C2H5NO.CH3NO/c1-3-2-4;2-1-3/h2H,1H3,(H,3,4);1H,(H2,2,3). The van der Waals surface area contributed by atoms with E-state index in [1.807, 2.05) is 0 Å². The molecule has 42 valence electrons. The van der Waals surface area contributed by atoms with Gasteiger partial charge in [-0.25, -0.2) is 0 Å². The van der Waals surface area contributed by atoms with Gasteiger partial charge in [-0.15, -0.1) is 0 Å². The lowest BCUT2D eigenvalue weighted by Gasteiger charge is -1.64. The van der Waals surface area contributed by atoms with Gasteiger partial charge in [0.15, 0.2) is 0 Å². The van der Waals surface area contributed by atoms with Crippen LogP contribution in [0.25, 0.3) is 0 Å². The zero-order chi connectivity index (χ0) is 6.12. The molecule has 3 N–H and O–H groups in total. The first-order chi connectivity index (χ1) is 3.33. The van der Waals surface area contributed by atoms with Crippen LogP contribution in [0.2, 0.25) is 0 Å². The molecule has 0 heterocycles. The van der Waals surface area contributed by atoms with Gasteiger partial charge in [-0.1, -0.05) is 0 Å². The molecule has 0 unspecified atom stereocenters. The van der Waals surface area contributed by atoms with Crippen molar-refractivity contribution in [3.05, 3.63) is 0 Å². The molecule has 2 amide bonds. The Morgan fingerprint density at radius 3 is 1.71 bits per heavy atom. The van der Waals surface area contributed by atoms with Gasteiger partial charge in [0.05, 0.1) is 0 Å². The predicted molar refractivity (Wildman–Crippen MR) is 25.4 cm³/mol. The van der Waals surface area contributed by atoms with E-state index in [1.54, 1.807) is 7.05 Å².